The summed E-state index contributed by atoms with van der Waals surface area (Å²) in [5.74, 6) is 0.831. The molecule has 0 saturated heterocycles. The van der Waals surface area contributed by atoms with Gasteiger partial charge in [-0.2, -0.15) is 5.10 Å². The number of hydrogen-bond donors (Lipinski definition) is 1. The molecule has 0 amide bonds. The van der Waals surface area contributed by atoms with Crippen molar-refractivity contribution in [3.63, 3.8) is 0 Å². The fourth-order valence-corrected chi connectivity index (χ4v) is 2.49. The maximum absolute atomic E-state index is 5.96. The van der Waals surface area contributed by atoms with Crippen molar-refractivity contribution in [3.8, 4) is 0 Å². The maximum Gasteiger partial charge on any atom is 0.0624 e. The van der Waals surface area contributed by atoms with Crippen LogP contribution >= 0.6 is 0 Å². The summed E-state index contributed by atoms with van der Waals surface area (Å²) in [6.45, 7) is 5.25. The quantitative estimate of drug-likeness (QED) is 0.825. The van der Waals surface area contributed by atoms with Gasteiger partial charge in [0.1, 0.15) is 0 Å². The van der Waals surface area contributed by atoms with Crippen LogP contribution in [0.3, 0.4) is 0 Å². The maximum atomic E-state index is 5.96. The first-order valence-electron chi connectivity index (χ1n) is 6.31. The summed E-state index contributed by atoms with van der Waals surface area (Å²) in [7, 11) is 2.04. The van der Waals surface area contributed by atoms with Crippen LogP contribution in [-0.2, 0) is 19.9 Å². The molecule has 0 spiro atoms. The molecule has 3 heteroatoms. The van der Waals surface area contributed by atoms with Crippen LogP contribution in [0.1, 0.15) is 38.1 Å². The Kier molecular flexibility index (Phi) is 3.06. The topological polar surface area (TPSA) is 43.8 Å². The molecule has 2 rings (SSSR count). The van der Waals surface area contributed by atoms with Crippen LogP contribution in [0.2, 0.25) is 0 Å². The van der Waals surface area contributed by atoms with Gasteiger partial charge in [0.25, 0.3) is 0 Å². The molecule has 1 saturated carbocycles. The Morgan fingerprint density at radius 2 is 2.25 bits per heavy atom. The molecule has 1 aromatic rings. The minimum Gasteiger partial charge on any atom is -0.330 e. The normalized spacial score (nSPS) is 19.8. The molecule has 90 valence electrons. The van der Waals surface area contributed by atoms with Crippen molar-refractivity contribution in [1.82, 2.24) is 9.78 Å². The molecule has 0 aliphatic heterocycles. The second kappa shape index (κ2) is 4.21. The molecule has 0 aromatic carbocycles. The zero-order chi connectivity index (χ0) is 11.8. The first-order valence-corrected chi connectivity index (χ1v) is 6.31. The second-order valence-electron chi connectivity index (χ2n) is 5.41. The van der Waals surface area contributed by atoms with E-state index in [-0.39, 0.29) is 5.41 Å². The highest BCUT2D eigenvalue weighted by atomic mass is 15.3. The smallest absolute Gasteiger partial charge is 0.0624 e. The molecule has 1 unspecified atom stereocenters. The second-order valence-corrected chi connectivity index (χ2v) is 5.41. The van der Waals surface area contributed by atoms with E-state index in [1.807, 2.05) is 11.7 Å². The van der Waals surface area contributed by atoms with E-state index >= 15 is 0 Å². The van der Waals surface area contributed by atoms with Gasteiger partial charge in [-0.15, -0.1) is 0 Å². The summed E-state index contributed by atoms with van der Waals surface area (Å²) >= 11 is 0. The fourth-order valence-electron chi connectivity index (χ4n) is 2.49. The minimum absolute atomic E-state index is 0.277. The molecule has 1 fully saturated rings. The SMILES string of the molecule is CCc1cc(CC(C)(CN)C2CC2)n(C)n1. The van der Waals surface area contributed by atoms with Gasteiger partial charge in [0.05, 0.1) is 5.69 Å². The van der Waals surface area contributed by atoms with Crippen LogP contribution in [0.4, 0.5) is 0 Å². The van der Waals surface area contributed by atoms with Crippen LogP contribution in [0.15, 0.2) is 6.07 Å². The first kappa shape index (κ1) is 11.6. The van der Waals surface area contributed by atoms with Crippen LogP contribution in [0, 0.1) is 11.3 Å². The zero-order valence-electron chi connectivity index (χ0n) is 10.7. The van der Waals surface area contributed by atoms with Gasteiger partial charge >= 0.3 is 0 Å². The Morgan fingerprint density at radius 3 is 2.69 bits per heavy atom. The van der Waals surface area contributed by atoms with Crippen LogP contribution < -0.4 is 5.73 Å². The molecule has 3 nitrogen and oxygen atoms in total. The van der Waals surface area contributed by atoms with E-state index in [4.69, 9.17) is 5.73 Å². The third-order valence-corrected chi connectivity index (χ3v) is 4.00. The van der Waals surface area contributed by atoms with E-state index in [0.717, 1.165) is 25.3 Å². The standard InChI is InChI=1S/C13H23N3/c1-4-11-7-12(16(3)15-11)8-13(2,9-14)10-5-6-10/h7,10H,4-6,8-9,14H2,1-3H3. The highest BCUT2D eigenvalue weighted by molar-refractivity contribution is 5.13. The predicted molar refractivity (Wildman–Crippen MR) is 66.2 cm³/mol. The molecule has 1 atom stereocenters. The van der Waals surface area contributed by atoms with Crippen molar-refractivity contribution in [3.05, 3.63) is 17.5 Å². The van der Waals surface area contributed by atoms with Crippen LogP contribution in [-0.4, -0.2) is 16.3 Å². The molecule has 16 heavy (non-hydrogen) atoms. The molecule has 1 heterocycles. The van der Waals surface area contributed by atoms with E-state index in [0.29, 0.717) is 0 Å². The van der Waals surface area contributed by atoms with E-state index < -0.39 is 0 Å². The third-order valence-electron chi connectivity index (χ3n) is 4.00. The lowest BCUT2D eigenvalue weighted by Crippen LogP contribution is -2.32. The Hall–Kier alpha value is -0.830. The number of nitrogens with zero attached hydrogens (tertiary/aromatic N) is 2. The van der Waals surface area contributed by atoms with Gasteiger partial charge in [-0.25, -0.2) is 0 Å². The summed E-state index contributed by atoms with van der Waals surface area (Å²) in [6, 6.07) is 2.23. The van der Waals surface area contributed by atoms with Gasteiger partial charge in [-0.1, -0.05) is 13.8 Å². The number of aryl methyl sites for hydroxylation is 2. The van der Waals surface area contributed by atoms with Gasteiger partial charge in [0, 0.05) is 12.7 Å². The lowest BCUT2D eigenvalue weighted by atomic mass is 9.80. The Balaban J connectivity index is 2.15. The van der Waals surface area contributed by atoms with E-state index in [2.05, 4.69) is 25.0 Å². The van der Waals surface area contributed by atoms with Crippen molar-refractivity contribution in [1.29, 1.82) is 0 Å². The number of hydrogen-bond acceptors (Lipinski definition) is 2. The monoisotopic (exact) mass is 221 g/mol. The van der Waals surface area contributed by atoms with Crippen molar-refractivity contribution >= 4 is 0 Å². The van der Waals surface area contributed by atoms with Crippen molar-refractivity contribution in [2.45, 2.75) is 39.5 Å². The third kappa shape index (κ3) is 2.14. The number of nitrogens with two attached hydrogens (primary N) is 1. The van der Waals surface area contributed by atoms with Gasteiger partial charge in [0.15, 0.2) is 0 Å². The molecule has 1 aromatic heterocycles. The Bertz CT molecular complexity index is 365. The van der Waals surface area contributed by atoms with Gasteiger partial charge in [0.2, 0.25) is 0 Å². The van der Waals surface area contributed by atoms with Crippen molar-refractivity contribution in [2.24, 2.45) is 24.1 Å². The summed E-state index contributed by atoms with van der Waals surface area (Å²) in [6.07, 6.45) is 4.78. The highest BCUT2D eigenvalue weighted by Gasteiger charge is 2.40. The highest BCUT2D eigenvalue weighted by Crippen LogP contribution is 2.46. The number of rotatable bonds is 5. The summed E-state index contributed by atoms with van der Waals surface area (Å²) in [5.41, 5.74) is 8.75. The van der Waals surface area contributed by atoms with E-state index in [1.54, 1.807) is 0 Å². The van der Waals surface area contributed by atoms with E-state index in [9.17, 15) is 0 Å². The largest absolute Gasteiger partial charge is 0.330 e. The summed E-state index contributed by atoms with van der Waals surface area (Å²) < 4.78 is 2.02. The summed E-state index contributed by atoms with van der Waals surface area (Å²) in [5, 5.41) is 4.50. The molecule has 1 aliphatic rings. The Morgan fingerprint density at radius 1 is 1.56 bits per heavy atom. The Labute approximate surface area is 98.0 Å². The minimum atomic E-state index is 0.277. The zero-order valence-corrected chi connectivity index (χ0v) is 10.7. The molecular formula is C13H23N3. The lowest BCUT2D eigenvalue weighted by molar-refractivity contribution is 0.275. The fraction of sp³-hybridized carbons (Fsp3) is 0.769. The van der Waals surface area contributed by atoms with Crippen LogP contribution in [0.5, 0.6) is 0 Å². The molecular weight excluding hydrogens is 198 g/mol. The molecule has 0 radical (unpaired) electrons. The lowest BCUT2D eigenvalue weighted by Gasteiger charge is -2.27. The first-order chi connectivity index (χ1) is 7.59. The van der Waals surface area contributed by atoms with Gasteiger partial charge < -0.3 is 5.73 Å². The molecule has 2 N–H and O–H groups in total. The predicted octanol–water partition coefficient (Wildman–Crippen LogP) is 1.90. The van der Waals surface area contributed by atoms with Crippen LogP contribution in [0.25, 0.3) is 0 Å². The van der Waals surface area contributed by atoms with E-state index in [1.165, 1.54) is 24.2 Å². The van der Waals surface area contributed by atoms with Crippen molar-refractivity contribution < 1.29 is 0 Å². The molecule has 0 bridgehead atoms. The summed E-state index contributed by atoms with van der Waals surface area (Å²) in [4.78, 5) is 0. The van der Waals surface area contributed by atoms with Gasteiger partial charge in [-0.05, 0) is 49.6 Å². The van der Waals surface area contributed by atoms with Crippen molar-refractivity contribution in [2.75, 3.05) is 6.54 Å². The van der Waals surface area contributed by atoms with Gasteiger partial charge in [-0.3, -0.25) is 4.68 Å². The molecule has 1 aliphatic carbocycles. The average molecular weight is 221 g/mol. The number of aromatic nitrogens is 2. The average Bonchev–Trinajstić information content (AvgIpc) is 3.06.